The summed E-state index contributed by atoms with van der Waals surface area (Å²) in [6, 6.07) is 11.4. The molecule has 2 aromatic rings. The molecule has 132 valence electrons. The predicted molar refractivity (Wildman–Crippen MR) is 107 cm³/mol. The molecule has 0 radical (unpaired) electrons. The minimum Gasteiger partial charge on any atom is -0.513 e. The number of hydrogen-bond donors (Lipinski definition) is 1. The van der Waals surface area contributed by atoms with Gasteiger partial charge in [-0.1, -0.05) is 50.8 Å². The predicted octanol–water partition coefficient (Wildman–Crippen LogP) is 6.20. The molecule has 0 unspecified atom stereocenters. The first kappa shape index (κ1) is 17.8. The molecule has 0 fully saturated rings. The van der Waals surface area contributed by atoms with Gasteiger partial charge in [-0.3, -0.25) is 0 Å². The molecule has 0 saturated carbocycles. The van der Waals surface area contributed by atoms with Crippen molar-refractivity contribution in [3.8, 4) is 0 Å². The van der Waals surface area contributed by atoms with Crippen molar-refractivity contribution in [3.63, 3.8) is 0 Å². The Bertz CT molecular complexity index is 783. The molecular formula is C24H30O. The fourth-order valence-corrected chi connectivity index (χ4v) is 4.12. The molecule has 0 amide bonds. The molecule has 0 aliphatic heterocycles. The van der Waals surface area contributed by atoms with E-state index in [4.69, 9.17) is 0 Å². The van der Waals surface area contributed by atoms with Gasteiger partial charge in [0.05, 0.1) is 5.76 Å². The number of hydrogen-bond acceptors (Lipinski definition) is 1. The maximum Gasteiger partial charge on any atom is 0.0854 e. The first-order chi connectivity index (χ1) is 12.0. The monoisotopic (exact) mass is 334 g/mol. The highest BCUT2D eigenvalue weighted by Gasteiger charge is 2.20. The molecule has 0 bridgehead atoms. The van der Waals surface area contributed by atoms with Crippen molar-refractivity contribution in [2.45, 2.75) is 65.2 Å². The van der Waals surface area contributed by atoms with E-state index in [-0.39, 0.29) is 0 Å². The second-order valence-corrected chi connectivity index (χ2v) is 7.78. The Kier molecular flexibility index (Phi) is 5.32. The van der Waals surface area contributed by atoms with Gasteiger partial charge in [-0.05, 0) is 83.9 Å². The standard InChI is InChI=1S/C24H30O/c1-16(2)20-8-5-7-19(14-20)15-24-17(3)13-21(12-11-18(4)25)22-9-6-10-23(22)24/h5,7-8,13-14,16,25H,4,6,9-12,15H2,1-3H3. The van der Waals surface area contributed by atoms with Gasteiger partial charge in [-0.15, -0.1) is 0 Å². The summed E-state index contributed by atoms with van der Waals surface area (Å²) in [5.74, 6) is 0.861. The van der Waals surface area contributed by atoms with Gasteiger partial charge in [0, 0.05) is 6.42 Å². The van der Waals surface area contributed by atoms with E-state index < -0.39 is 0 Å². The lowest BCUT2D eigenvalue weighted by Gasteiger charge is -2.17. The van der Waals surface area contributed by atoms with Gasteiger partial charge in [0.25, 0.3) is 0 Å². The van der Waals surface area contributed by atoms with Crippen LogP contribution >= 0.6 is 0 Å². The van der Waals surface area contributed by atoms with Crippen molar-refractivity contribution >= 4 is 0 Å². The maximum absolute atomic E-state index is 9.46. The van der Waals surface area contributed by atoms with E-state index in [9.17, 15) is 5.11 Å². The number of aliphatic hydroxyl groups excluding tert-OH is 1. The molecule has 0 heterocycles. The van der Waals surface area contributed by atoms with Crippen molar-refractivity contribution < 1.29 is 5.11 Å². The van der Waals surface area contributed by atoms with Gasteiger partial charge in [0.2, 0.25) is 0 Å². The van der Waals surface area contributed by atoms with Gasteiger partial charge >= 0.3 is 0 Å². The van der Waals surface area contributed by atoms with Gasteiger partial charge in [0.15, 0.2) is 0 Å². The molecule has 1 N–H and O–H groups in total. The average molecular weight is 335 g/mol. The van der Waals surface area contributed by atoms with Crippen molar-refractivity contribution in [1.82, 2.24) is 0 Å². The van der Waals surface area contributed by atoms with Crippen LogP contribution in [-0.4, -0.2) is 5.11 Å². The zero-order valence-corrected chi connectivity index (χ0v) is 15.9. The van der Waals surface area contributed by atoms with Crippen LogP contribution in [0.3, 0.4) is 0 Å². The van der Waals surface area contributed by atoms with Crippen molar-refractivity contribution in [3.05, 3.63) is 81.6 Å². The molecule has 1 aliphatic carbocycles. The Hall–Kier alpha value is -2.02. The zero-order valence-electron chi connectivity index (χ0n) is 15.9. The van der Waals surface area contributed by atoms with Gasteiger partial charge in [0.1, 0.15) is 0 Å². The summed E-state index contributed by atoms with van der Waals surface area (Å²) < 4.78 is 0. The quantitative estimate of drug-likeness (QED) is 0.623. The topological polar surface area (TPSA) is 20.2 Å². The smallest absolute Gasteiger partial charge is 0.0854 e. The highest BCUT2D eigenvalue weighted by Crippen LogP contribution is 2.33. The van der Waals surface area contributed by atoms with E-state index in [0.717, 1.165) is 12.8 Å². The first-order valence-electron chi connectivity index (χ1n) is 9.54. The SMILES string of the molecule is C=C(O)CCc1cc(C)c(Cc2cccc(C(C)C)c2)c2c1CCC2. The number of allylic oxidation sites excluding steroid dienone is 1. The molecule has 2 aromatic carbocycles. The molecular weight excluding hydrogens is 304 g/mol. The minimum atomic E-state index is 0.291. The van der Waals surface area contributed by atoms with Gasteiger partial charge in [-0.25, -0.2) is 0 Å². The number of aryl methyl sites for hydroxylation is 2. The fourth-order valence-electron chi connectivity index (χ4n) is 4.12. The van der Waals surface area contributed by atoms with E-state index in [1.54, 1.807) is 11.1 Å². The van der Waals surface area contributed by atoms with Crippen LogP contribution in [0.15, 0.2) is 42.7 Å². The third kappa shape index (κ3) is 3.98. The Balaban J connectivity index is 1.93. The molecule has 1 heteroatoms. The minimum absolute atomic E-state index is 0.291. The summed E-state index contributed by atoms with van der Waals surface area (Å²) >= 11 is 0. The molecule has 0 atom stereocenters. The Morgan fingerprint density at radius 3 is 2.64 bits per heavy atom. The second kappa shape index (κ2) is 7.47. The van der Waals surface area contributed by atoms with Crippen LogP contribution in [0.5, 0.6) is 0 Å². The van der Waals surface area contributed by atoms with Gasteiger partial charge in [-0.2, -0.15) is 0 Å². The number of aliphatic hydroxyl groups is 1. The number of fused-ring (bicyclic) bond motifs is 1. The number of benzene rings is 2. The normalized spacial score (nSPS) is 13.3. The Labute approximate surface area is 152 Å². The van der Waals surface area contributed by atoms with Crippen LogP contribution in [0.25, 0.3) is 0 Å². The van der Waals surface area contributed by atoms with Crippen LogP contribution in [0.1, 0.15) is 71.6 Å². The molecule has 0 aromatic heterocycles. The second-order valence-electron chi connectivity index (χ2n) is 7.78. The summed E-state index contributed by atoms with van der Waals surface area (Å²) in [6.45, 7) is 10.4. The lowest BCUT2D eigenvalue weighted by molar-refractivity contribution is 0.391. The lowest BCUT2D eigenvalue weighted by atomic mass is 9.88. The summed E-state index contributed by atoms with van der Waals surface area (Å²) in [5.41, 5.74) is 10.3. The molecule has 0 spiro atoms. The molecule has 0 saturated heterocycles. The van der Waals surface area contributed by atoms with Crippen molar-refractivity contribution in [2.75, 3.05) is 0 Å². The van der Waals surface area contributed by atoms with Gasteiger partial charge < -0.3 is 5.11 Å². The summed E-state index contributed by atoms with van der Waals surface area (Å²) in [6.07, 6.45) is 6.24. The van der Waals surface area contributed by atoms with Crippen LogP contribution in [0.2, 0.25) is 0 Å². The van der Waals surface area contributed by atoms with Crippen LogP contribution in [-0.2, 0) is 25.7 Å². The van der Waals surface area contributed by atoms with Crippen molar-refractivity contribution in [2.24, 2.45) is 0 Å². The molecule has 3 rings (SSSR count). The van der Waals surface area contributed by atoms with Crippen LogP contribution in [0.4, 0.5) is 0 Å². The van der Waals surface area contributed by atoms with E-state index in [1.165, 1.54) is 47.1 Å². The fraction of sp³-hybridized carbons (Fsp3) is 0.417. The summed E-state index contributed by atoms with van der Waals surface area (Å²) in [7, 11) is 0. The van der Waals surface area contributed by atoms with Crippen LogP contribution in [0, 0.1) is 6.92 Å². The summed E-state index contributed by atoms with van der Waals surface area (Å²) in [5, 5.41) is 9.46. The van der Waals surface area contributed by atoms with E-state index in [0.29, 0.717) is 18.1 Å². The maximum atomic E-state index is 9.46. The lowest BCUT2D eigenvalue weighted by Crippen LogP contribution is -2.04. The number of rotatable bonds is 6. The highest BCUT2D eigenvalue weighted by atomic mass is 16.3. The third-order valence-corrected chi connectivity index (χ3v) is 5.52. The Morgan fingerprint density at radius 2 is 1.92 bits per heavy atom. The molecule has 1 aliphatic rings. The molecule has 25 heavy (non-hydrogen) atoms. The average Bonchev–Trinajstić information content (AvgIpc) is 3.05. The van der Waals surface area contributed by atoms with E-state index in [2.05, 4.69) is 57.7 Å². The highest BCUT2D eigenvalue weighted by molar-refractivity contribution is 5.50. The van der Waals surface area contributed by atoms with Crippen LogP contribution < -0.4 is 0 Å². The van der Waals surface area contributed by atoms with Crippen molar-refractivity contribution in [1.29, 1.82) is 0 Å². The molecule has 1 nitrogen and oxygen atoms in total. The van der Waals surface area contributed by atoms with E-state index >= 15 is 0 Å². The first-order valence-corrected chi connectivity index (χ1v) is 9.54. The van der Waals surface area contributed by atoms with E-state index in [1.807, 2.05) is 0 Å². The Morgan fingerprint density at radius 1 is 1.16 bits per heavy atom. The largest absolute Gasteiger partial charge is 0.513 e. The summed E-state index contributed by atoms with van der Waals surface area (Å²) in [4.78, 5) is 0. The zero-order chi connectivity index (χ0) is 18.0. The third-order valence-electron chi connectivity index (χ3n) is 5.52.